The highest BCUT2D eigenvalue weighted by atomic mass is 32.1. The third-order valence-electron chi connectivity index (χ3n) is 8.00. The van der Waals surface area contributed by atoms with Crippen LogP contribution in [0.25, 0.3) is 21.3 Å². The van der Waals surface area contributed by atoms with Gasteiger partial charge in [0.05, 0.1) is 30.2 Å². The number of anilines is 4. The summed E-state index contributed by atoms with van der Waals surface area (Å²) in [5.74, 6) is 0. The molecule has 0 unspecified atom stereocenters. The lowest BCUT2D eigenvalue weighted by Gasteiger charge is -2.36. The summed E-state index contributed by atoms with van der Waals surface area (Å²) in [5.41, 5.74) is 6.60. The van der Waals surface area contributed by atoms with Gasteiger partial charge in [0.15, 0.2) is 5.13 Å². The van der Waals surface area contributed by atoms with Gasteiger partial charge in [-0.1, -0.05) is 35.6 Å². The SMILES string of the molecule is CC(C)N1CCN(c2nc3c(N4CCOCC4)cc(-c4ccc(NC(=O)Nc5ccc(CO)cc5)cc4)cc3s2)CC1. The van der Waals surface area contributed by atoms with Crippen LogP contribution in [0.3, 0.4) is 0 Å². The number of urea groups is 1. The van der Waals surface area contributed by atoms with E-state index in [1.807, 2.05) is 24.3 Å². The number of aliphatic hydroxyl groups is 1. The Bertz CT molecular complexity index is 1510. The topological polar surface area (TPSA) is 93.2 Å². The number of hydrogen-bond donors (Lipinski definition) is 3. The van der Waals surface area contributed by atoms with Gasteiger partial charge < -0.3 is 30.3 Å². The van der Waals surface area contributed by atoms with Crippen LogP contribution in [0.4, 0.5) is 27.0 Å². The van der Waals surface area contributed by atoms with Crippen molar-refractivity contribution in [2.45, 2.75) is 26.5 Å². The molecule has 2 amide bonds. The lowest BCUT2D eigenvalue weighted by molar-refractivity contribution is 0.123. The Morgan fingerprint density at radius 2 is 1.52 bits per heavy atom. The predicted molar refractivity (Wildman–Crippen MR) is 172 cm³/mol. The third kappa shape index (κ3) is 6.37. The van der Waals surface area contributed by atoms with E-state index in [1.54, 1.807) is 35.6 Å². The fourth-order valence-electron chi connectivity index (χ4n) is 5.51. The molecule has 2 aliphatic heterocycles. The van der Waals surface area contributed by atoms with E-state index in [9.17, 15) is 9.90 Å². The van der Waals surface area contributed by atoms with E-state index in [0.29, 0.717) is 30.6 Å². The number of rotatable bonds is 7. The molecule has 3 aromatic carbocycles. The molecular weight excluding hydrogens is 548 g/mol. The van der Waals surface area contributed by atoms with Gasteiger partial charge in [-0.3, -0.25) is 4.90 Å². The summed E-state index contributed by atoms with van der Waals surface area (Å²) in [6, 6.07) is 19.8. The van der Waals surface area contributed by atoms with Crippen LogP contribution in [0.1, 0.15) is 19.4 Å². The molecule has 2 fully saturated rings. The number of aromatic nitrogens is 1. The summed E-state index contributed by atoms with van der Waals surface area (Å²) >= 11 is 1.77. The normalized spacial score (nSPS) is 16.3. The first kappa shape index (κ1) is 28.4. The maximum Gasteiger partial charge on any atom is 0.323 e. The van der Waals surface area contributed by atoms with E-state index < -0.39 is 0 Å². The standard InChI is InChI=1S/C32H38N6O3S/c1-22(2)36-11-13-38(14-12-36)32-35-30-28(37-15-17-41-18-16-37)19-25(20-29(30)42-32)24-5-9-27(10-6-24)34-31(40)33-26-7-3-23(21-39)4-8-26/h3-10,19-20,22,39H,11-18,21H2,1-2H3,(H2,33,34,40). The van der Waals surface area contributed by atoms with Gasteiger partial charge in [-0.05, 0) is 66.9 Å². The molecule has 4 aromatic rings. The largest absolute Gasteiger partial charge is 0.392 e. The van der Waals surface area contributed by atoms with Crippen molar-refractivity contribution in [2.75, 3.05) is 72.9 Å². The molecule has 2 aliphatic rings. The van der Waals surface area contributed by atoms with Gasteiger partial charge in [0.1, 0.15) is 5.52 Å². The van der Waals surface area contributed by atoms with Gasteiger partial charge in [-0.15, -0.1) is 0 Å². The quantitative estimate of drug-likeness (QED) is 0.265. The molecule has 0 atom stereocenters. The Kier molecular flexibility index (Phi) is 8.57. The fourth-order valence-corrected chi connectivity index (χ4v) is 6.59. The van der Waals surface area contributed by atoms with Crippen molar-refractivity contribution in [3.63, 3.8) is 0 Å². The summed E-state index contributed by atoms with van der Waals surface area (Å²) in [6.07, 6.45) is 0. The average Bonchev–Trinajstić information content (AvgIpc) is 3.46. The van der Waals surface area contributed by atoms with Crippen LogP contribution in [0.15, 0.2) is 60.7 Å². The Morgan fingerprint density at radius 3 is 2.14 bits per heavy atom. The van der Waals surface area contributed by atoms with Crippen LogP contribution >= 0.6 is 11.3 Å². The first-order chi connectivity index (χ1) is 20.5. The Hall–Kier alpha value is -3.70. The van der Waals surface area contributed by atoms with Gasteiger partial charge in [-0.2, -0.15) is 0 Å². The van der Waals surface area contributed by atoms with E-state index in [4.69, 9.17) is 9.72 Å². The molecule has 220 valence electrons. The molecule has 0 radical (unpaired) electrons. The number of carbonyl (C=O) groups excluding carboxylic acids is 1. The molecular formula is C32H38N6O3S. The number of hydrogen-bond acceptors (Lipinski definition) is 8. The number of thiazole rings is 1. The summed E-state index contributed by atoms with van der Waals surface area (Å²) in [4.78, 5) is 25.1. The Balaban J connectivity index is 1.22. The van der Waals surface area contributed by atoms with E-state index >= 15 is 0 Å². The van der Waals surface area contributed by atoms with Gasteiger partial charge in [0.25, 0.3) is 0 Å². The first-order valence-electron chi connectivity index (χ1n) is 14.6. The summed E-state index contributed by atoms with van der Waals surface area (Å²) in [7, 11) is 0. The summed E-state index contributed by atoms with van der Waals surface area (Å²) in [5, 5.41) is 16.0. The molecule has 0 bridgehead atoms. The van der Waals surface area contributed by atoms with E-state index in [-0.39, 0.29) is 12.6 Å². The number of carbonyl (C=O) groups is 1. The van der Waals surface area contributed by atoms with Crippen LogP contribution in [0.2, 0.25) is 0 Å². The number of nitrogens with one attached hydrogen (secondary N) is 2. The van der Waals surface area contributed by atoms with Crippen molar-refractivity contribution < 1.29 is 14.6 Å². The molecule has 1 aromatic heterocycles. The molecule has 9 nitrogen and oxygen atoms in total. The zero-order chi connectivity index (χ0) is 29.1. The minimum absolute atomic E-state index is 0.0282. The zero-order valence-corrected chi connectivity index (χ0v) is 25.0. The van der Waals surface area contributed by atoms with Gasteiger partial charge in [-0.25, -0.2) is 9.78 Å². The van der Waals surface area contributed by atoms with Crippen LogP contribution in [-0.2, 0) is 11.3 Å². The highest BCUT2D eigenvalue weighted by molar-refractivity contribution is 7.22. The van der Waals surface area contributed by atoms with Crippen molar-refractivity contribution in [3.8, 4) is 11.1 Å². The summed E-state index contributed by atoms with van der Waals surface area (Å²) in [6.45, 7) is 11.7. The molecule has 10 heteroatoms. The van der Waals surface area contributed by atoms with Crippen LogP contribution in [-0.4, -0.2) is 79.5 Å². The molecule has 0 aliphatic carbocycles. The van der Waals surface area contributed by atoms with E-state index in [2.05, 4.69) is 51.3 Å². The van der Waals surface area contributed by atoms with Crippen LogP contribution < -0.4 is 20.4 Å². The van der Waals surface area contributed by atoms with Crippen molar-refractivity contribution in [1.29, 1.82) is 0 Å². The predicted octanol–water partition coefficient (Wildman–Crippen LogP) is 5.47. The number of piperazine rings is 1. The Morgan fingerprint density at radius 1 is 0.881 bits per heavy atom. The van der Waals surface area contributed by atoms with Crippen LogP contribution in [0.5, 0.6) is 0 Å². The number of morpholine rings is 1. The number of aliphatic hydroxyl groups excluding tert-OH is 1. The fraction of sp³-hybridized carbons (Fsp3) is 0.375. The van der Waals surface area contributed by atoms with E-state index in [0.717, 1.165) is 72.3 Å². The molecule has 3 N–H and O–H groups in total. The number of fused-ring (bicyclic) bond motifs is 1. The third-order valence-corrected chi connectivity index (χ3v) is 9.06. The second-order valence-electron chi connectivity index (χ2n) is 11.1. The van der Waals surface area contributed by atoms with Crippen molar-refractivity contribution in [1.82, 2.24) is 9.88 Å². The maximum absolute atomic E-state index is 12.5. The van der Waals surface area contributed by atoms with Gasteiger partial charge in [0, 0.05) is 56.7 Å². The van der Waals surface area contributed by atoms with Crippen LogP contribution in [0, 0.1) is 0 Å². The minimum atomic E-state index is -0.318. The average molecular weight is 587 g/mol. The zero-order valence-electron chi connectivity index (χ0n) is 24.2. The number of amides is 2. The van der Waals surface area contributed by atoms with Crippen molar-refractivity contribution in [2.24, 2.45) is 0 Å². The number of benzene rings is 3. The molecule has 3 heterocycles. The molecule has 6 rings (SSSR count). The second kappa shape index (κ2) is 12.7. The van der Waals surface area contributed by atoms with Gasteiger partial charge in [0.2, 0.25) is 0 Å². The van der Waals surface area contributed by atoms with Crippen molar-refractivity contribution in [3.05, 3.63) is 66.2 Å². The smallest absolute Gasteiger partial charge is 0.323 e. The lowest BCUT2D eigenvalue weighted by atomic mass is 10.0. The van der Waals surface area contributed by atoms with Gasteiger partial charge >= 0.3 is 6.03 Å². The summed E-state index contributed by atoms with van der Waals surface area (Å²) < 4.78 is 6.83. The van der Waals surface area contributed by atoms with Crippen molar-refractivity contribution >= 4 is 49.8 Å². The second-order valence-corrected chi connectivity index (χ2v) is 12.1. The highest BCUT2D eigenvalue weighted by Crippen LogP contribution is 2.39. The maximum atomic E-state index is 12.5. The lowest BCUT2D eigenvalue weighted by Crippen LogP contribution is -2.48. The molecule has 2 saturated heterocycles. The number of ether oxygens (including phenoxy) is 1. The molecule has 0 spiro atoms. The number of nitrogens with zero attached hydrogens (tertiary/aromatic N) is 4. The molecule has 42 heavy (non-hydrogen) atoms. The Labute approximate surface area is 250 Å². The van der Waals surface area contributed by atoms with E-state index in [1.165, 1.54) is 4.70 Å². The first-order valence-corrected chi connectivity index (χ1v) is 15.4. The minimum Gasteiger partial charge on any atom is -0.392 e. The highest BCUT2D eigenvalue weighted by Gasteiger charge is 2.24. The monoisotopic (exact) mass is 586 g/mol. The molecule has 0 saturated carbocycles.